The first-order valence-electron chi connectivity index (χ1n) is 5.09. The van der Waals surface area contributed by atoms with Crippen molar-refractivity contribution in [2.24, 2.45) is 5.10 Å². The lowest BCUT2D eigenvalue weighted by Crippen LogP contribution is -2.31. The highest BCUT2D eigenvalue weighted by atomic mass is 16.2. The lowest BCUT2D eigenvalue weighted by atomic mass is 10.1. The van der Waals surface area contributed by atoms with Crippen molar-refractivity contribution in [3.05, 3.63) is 30.1 Å². The monoisotopic (exact) mass is 203 g/mol. The van der Waals surface area contributed by atoms with Crippen LogP contribution in [-0.2, 0) is 4.79 Å². The van der Waals surface area contributed by atoms with E-state index in [4.69, 9.17) is 0 Å². The zero-order valence-corrected chi connectivity index (χ0v) is 8.68. The molecule has 0 N–H and O–H groups in total. The predicted octanol–water partition coefficient (Wildman–Crippen LogP) is 1.43. The number of hydrazone groups is 1. The van der Waals surface area contributed by atoms with Gasteiger partial charge in [0.05, 0.1) is 5.71 Å². The van der Waals surface area contributed by atoms with Crippen LogP contribution in [-0.4, -0.2) is 28.2 Å². The van der Waals surface area contributed by atoms with Gasteiger partial charge in [0.15, 0.2) is 0 Å². The molecule has 2 rings (SSSR count). The van der Waals surface area contributed by atoms with E-state index >= 15 is 0 Å². The number of pyridine rings is 1. The first-order chi connectivity index (χ1) is 7.31. The Morgan fingerprint density at radius 3 is 2.73 bits per heavy atom. The summed E-state index contributed by atoms with van der Waals surface area (Å²) in [5.41, 5.74) is 2.02. The molecule has 0 bridgehead atoms. The number of hydrogen-bond acceptors (Lipinski definition) is 3. The molecule has 0 saturated carbocycles. The van der Waals surface area contributed by atoms with Gasteiger partial charge < -0.3 is 0 Å². The SMILES string of the molecule is CCN1N=C(c2ccncc2)CCC1=O. The van der Waals surface area contributed by atoms with Gasteiger partial charge in [-0.2, -0.15) is 5.10 Å². The minimum absolute atomic E-state index is 0.107. The lowest BCUT2D eigenvalue weighted by molar-refractivity contribution is -0.131. The second-order valence-electron chi connectivity index (χ2n) is 3.39. The number of nitrogens with zero attached hydrogens (tertiary/aromatic N) is 3. The Kier molecular flexibility index (Phi) is 2.76. The summed E-state index contributed by atoms with van der Waals surface area (Å²) >= 11 is 0. The van der Waals surface area contributed by atoms with E-state index in [1.54, 1.807) is 12.4 Å². The number of amides is 1. The van der Waals surface area contributed by atoms with Crippen molar-refractivity contribution in [3.63, 3.8) is 0 Å². The van der Waals surface area contributed by atoms with Gasteiger partial charge in [-0.15, -0.1) is 0 Å². The predicted molar refractivity (Wildman–Crippen MR) is 57.4 cm³/mol. The first kappa shape index (κ1) is 9.83. The molecule has 15 heavy (non-hydrogen) atoms. The maximum absolute atomic E-state index is 11.4. The molecule has 0 fully saturated rings. The van der Waals surface area contributed by atoms with Crippen molar-refractivity contribution in [1.29, 1.82) is 0 Å². The van der Waals surface area contributed by atoms with E-state index in [1.165, 1.54) is 5.01 Å². The summed E-state index contributed by atoms with van der Waals surface area (Å²) in [6, 6.07) is 3.84. The van der Waals surface area contributed by atoms with Gasteiger partial charge in [-0.1, -0.05) is 0 Å². The third kappa shape index (κ3) is 2.03. The molecular weight excluding hydrogens is 190 g/mol. The Morgan fingerprint density at radius 2 is 2.07 bits per heavy atom. The fourth-order valence-electron chi connectivity index (χ4n) is 1.60. The quantitative estimate of drug-likeness (QED) is 0.729. The number of aromatic nitrogens is 1. The van der Waals surface area contributed by atoms with Crippen LogP contribution < -0.4 is 0 Å². The second-order valence-corrected chi connectivity index (χ2v) is 3.39. The minimum Gasteiger partial charge on any atom is -0.273 e. The normalized spacial score (nSPS) is 16.5. The van der Waals surface area contributed by atoms with E-state index in [1.807, 2.05) is 19.1 Å². The van der Waals surface area contributed by atoms with Gasteiger partial charge in [0, 0.05) is 37.3 Å². The van der Waals surface area contributed by atoms with Crippen LogP contribution in [0.1, 0.15) is 25.3 Å². The maximum atomic E-state index is 11.4. The average Bonchev–Trinajstić information content (AvgIpc) is 2.31. The molecular formula is C11H13N3O. The van der Waals surface area contributed by atoms with Crippen LogP contribution in [0.15, 0.2) is 29.6 Å². The van der Waals surface area contributed by atoms with Crippen LogP contribution >= 0.6 is 0 Å². The Bertz CT molecular complexity index is 386. The Hall–Kier alpha value is -1.71. The van der Waals surface area contributed by atoms with Crippen LogP contribution in [0.4, 0.5) is 0 Å². The second kappa shape index (κ2) is 4.21. The van der Waals surface area contributed by atoms with Gasteiger partial charge >= 0.3 is 0 Å². The van der Waals surface area contributed by atoms with Crippen LogP contribution in [0.3, 0.4) is 0 Å². The molecule has 1 aromatic rings. The van der Waals surface area contributed by atoms with Crippen molar-refractivity contribution >= 4 is 11.6 Å². The largest absolute Gasteiger partial charge is 0.273 e. The summed E-state index contributed by atoms with van der Waals surface area (Å²) in [5, 5.41) is 5.85. The smallest absolute Gasteiger partial charge is 0.243 e. The van der Waals surface area contributed by atoms with Crippen LogP contribution in [0, 0.1) is 0 Å². The number of carbonyl (C=O) groups excluding carboxylic acids is 1. The van der Waals surface area contributed by atoms with E-state index in [0.717, 1.165) is 17.7 Å². The van der Waals surface area contributed by atoms with E-state index in [9.17, 15) is 4.79 Å². The molecule has 0 spiro atoms. The van der Waals surface area contributed by atoms with Gasteiger partial charge in [-0.05, 0) is 19.1 Å². The number of hydrogen-bond donors (Lipinski definition) is 0. The molecule has 0 aliphatic carbocycles. The molecule has 0 unspecified atom stereocenters. The zero-order valence-electron chi connectivity index (χ0n) is 8.68. The van der Waals surface area contributed by atoms with E-state index in [-0.39, 0.29) is 5.91 Å². The Balaban J connectivity index is 2.27. The average molecular weight is 203 g/mol. The number of rotatable bonds is 2. The van der Waals surface area contributed by atoms with E-state index < -0.39 is 0 Å². The summed E-state index contributed by atoms with van der Waals surface area (Å²) in [5.74, 6) is 0.107. The third-order valence-electron chi connectivity index (χ3n) is 2.42. The van der Waals surface area contributed by atoms with Crippen molar-refractivity contribution < 1.29 is 4.79 Å². The van der Waals surface area contributed by atoms with Gasteiger partial charge in [-0.25, -0.2) is 5.01 Å². The van der Waals surface area contributed by atoms with E-state index in [2.05, 4.69) is 10.1 Å². The summed E-state index contributed by atoms with van der Waals surface area (Å²) in [7, 11) is 0. The van der Waals surface area contributed by atoms with Gasteiger partial charge in [0.25, 0.3) is 0 Å². The standard InChI is InChI=1S/C11H13N3O/c1-2-14-11(15)4-3-10(13-14)9-5-7-12-8-6-9/h5-8H,2-4H2,1H3. The highest BCUT2D eigenvalue weighted by molar-refractivity contribution is 6.04. The summed E-state index contributed by atoms with van der Waals surface area (Å²) in [6.07, 6.45) is 4.75. The van der Waals surface area contributed by atoms with Crippen molar-refractivity contribution in [1.82, 2.24) is 9.99 Å². The molecule has 78 valence electrons. The molecule has 4 heteroatoms. The molecule has 1 aliphatic rings. The molecule has 0 atom stereocenters. The van der Waals surface area contributed by atoms with Gasteiger partial charge in [0.2, 0.25) is 5.91 Å². The third-order valence-corrected chi connectivity index (χ3v) is 2.42. The summed E-state index contributed by atoms with van der Waals surface area (Å²) in [4.78, 5) is 15.4. The zero-order chi connectivity index (χ0) is 10.7. The molecule has 0 saturated heterocycles. The fourth-order valence-corrected chi connectivity index (χ4v) is 1.60. The van der Waals surface area contributed by atoms with Crippen molar-refractivity contribution in [2.45, 2.75) is 19.8 Å². The van der Waals surface area contributed by atoms with Crippen LogP contribution in [0.25, 0.3) is 0 Å². The topological polar surface area (TPSA) is 45.6 Å². The van der Waals surface area contributed by atoms with Gasteiger partial charge in [-0.3, -0.25) is 9.78 Å². The summed E-state index contributed by atoms with van der Waals surface area (Å²) < 4.78 is 0. The minimum atomic E-state index is 0.107. The molecule has 1 aromatic heterocycles. The molecule has 1 amide bonds. The molecule has 1 aliphatic heterocycles. The highest BCUT2D eigenvalue weighted by Crippen LogP contribution is 2.13. The van der Waals surface area contributed by atoms with Crippen molar-refractivity contribution in [2.75, 3.05) is 6.54 Å². The molecule has 0 aromatic carbocycles. The number of carbonyl (C=O) groups is 1. The first-order valence-corrected chi connectivity index (χ1v) is 5.09. The van der Waals surface area contributed by atoms with Crippen LogP contribution in [0.2, 0.25) is 0 Å². The van der Waals surface area contributed by atoms with Crippen LogP contribution in [0.5, 0.6) is 0 Å². The van der Waals surface area contributed by atoms with Crippen molar-refractivity contribution in [3.8, 4) is 0 Å². The fraction of sp³-hybridized carbons (Fsp3) is 0.364. The highest BCUT2D eigenvalue weighted by Gasteiger charge is 2.19. The maximum Gasteiger partial charge on any atom is 0.243 e. The Morgan fingerprint density at radius 1 is 1.33 bits per heavy atom. The molecule has 0 radical (unpaired) electrons. The van der Waals surface area contributed by atoms with Gasteiger partial charge in [0.1, 0.15) is 0 Å². The molecule has 2 heterocycles. The van der Waals surface area contributed by atoms with E-state index in [0.29, 0.717) is 13.0 Å². The lowest BCUT2D eigenvalue weighted by Gasteiger charge is -2.22. The Labute approximate surface area is 88.6 Å². The molecule has 4 nitrogen and oxygen atoms in total. The summed E-state index contributed by atoms with van der Waals surface area (Å²) in [6.45, 7) is 2.56.